The molecule has 1 aromatic heterocycles. The van der Waals surface area contributed by atoms with Gasteiger partial charge in [-0.2, -0.15) is 0 Å². The van der Waals surface area contributed by atoms with E-state index in [0.717, 1.165) is 42.0 Å². The number of fused-ring (bicyclic) bond motifs is 1. The molecule has 1 aliphatic heterocycles. The Kier molecular flexibility index (Phi) is 3.46. The van der Waals surface area contributed by atoms with Gasteiger partial charge < -0.3 is 10.3 Å². The molecule has 2 N–H and O–H groups in total. The minimum absolute atomic E-state index is 0.0239. The van der Waals surface area contributed by atoms with Gasteiger partial charge in [-0.05, 0) is 37.5 Å². The number of thioether (sulfide) groups is 1. The van der Waals surface area contributed by atoms with Crippen LogP contribution >= 0.6 is 11.8 Å². The highest BCUT2D eigenvalue weighted by Crippen LogP contribution is 2.27. The number of rotatable bonds is 2. The fourth-order valence-corrected chi connectivity index (χ4v) is 3.38. The Morgan fingerprint density at radius 2 is 2.26 bits per heavy atom. The smallest absolute Gasteiger partial charge is 0.233 e. The number of H-pyrrole nitrogens is 1. The normalized spacial score (nSPS) is 20.3. The predicted molar refractivity (Wildman–Crippen MR) is 77.3 cm³/mol. The number of nitrogens with one attached hydrogen (secondary N) is 2. The van der Waals surface area contributed by atoms with Crippen LogP contribution in [0.25, 0.3) is 11.0 Å². The molecule has 1 saturated heterocycles. The van der Waals surface area contributed by atoms with Crippen LogP contribution in [0.3, 0.4) is 0 Å². The van der Waals surface area contributed by atoms with Crippen LogP contribution in [0.1, 0.15) is 24.8 Å². The standard InChI is InChI=1S/C14H17N3OS/c1-9-5-6-10-11(8-9)17-14(16-10)19-12-4-2-3-7-15-13(12)18/h5-6,8,12H,2-4,7H2,1H3,(H,15,18)(H,16,17). The third-order valence-electron chi connectivity index (χ3n) is 3.35. The zero-order valence-corrected chi connectivity index (χ0v) is 11.7. The molecule has 19 heavy (non-hydrogen) atoms. The van der Waals surface area contributed by atoms with Crippen LogP contribution in [0.4, 0.5) is 0 Å². The molecule has 0 saturated carbocycles. The van der Waals surface area contributed by atoms with Gasteiger partial charge in [-0.15, -0.1) is 0 Å². The molecular formula is C14H17N3OS. The number of hydrogen-bond acceptors (Lipinski definition) is 3. The van der Waals surface area contributed by atoms with E-state index in [2.05, 4.69) is 34.3 Å². The van der Waals surface area contributed by atoms with Crippen LogP contribution in [0.2, 0.25) is 0 Å². The number of amides is 1. The molecule has 0 radical (unpaired) electrons. The third-order valence-corrected chi connectivity index (χ3v) is 4.51. The van der Waals surface area contributed by atoms with E-state index in [9.17, 15) is 4.79 Å². The lowest BCUT2D eigenvalue weighted by atomic mass is 10.2. The lowest BCUT2D eigenvalue weighted by Crippen LogP contribution is -2.30. The number of benzene rings is 1. The van der Waals surface area contributed by atoms with E-state index in [1.807, 2.05) is 6.07 Å². The van der Waals surface area contributed by atoms with Crippen molar-refractivity contribution in [3.05, 3.63) is 23.8 Å². The van der Waals surface area contributed by atoms with Gasteiger partial charge in [0.15, 0.2) is 5.16 Å². The van der Waals surface area contributed by atoms with Crippen LogP contribution in [0.5, 0.6) is 0 Å². The molecular weight excluding hydrogens is 258 g/mol. The van der Waals surface area contributed by atoms with Crippen molar-refractivity contribution < 1.29 is 4.79 Å². The maximum absolute atomic E-state index is 11.9. The number of hydrogen-bond donors (Lipinski definition) is 2. The molecule has 1 aliphatic rings. The molecule has 0 bridgehead atoms. The van der Waals surface area contributed by atoms with Gasteiger partial charge in [-0.1, -0.05) is 24.2 Å². The van der Waals surface area contributed by atoms with Gasteiger partial charge in [0, 0.05) is 6.54 Å². The molecule has 1 aromatic carbocycles. The SMILES string of the molecule is Cc1ccc2nc(SC3CCCCNC3=O)[nH]c2c1. The zero-order chi connectivity index (χ0) is 13.2. The Labute approximate surface area is 116 Å². The van der Waals surface area contributed by atoms with Crippen molar-refractivity contribution in [1.29, 1.82) is 0 Å². The number of imidazole rings is 1. The largest absolute Gasteiger partial charge is 0.355 e. The van der Waals surface area contributed by atoms with Gasteiger partial charge in [-0.25, -0.2) is 4.98 Å². The third kappa shape index (κ3) is 2.76. The number of aromatic nitrogens is 2. The van der Waals surface area contributed by atoms with Crippen molar-refractivity contribution in [3.8, 4) is 0 Å². The van der Waals surface area contributed by atoms with Crippen molar-refractivity contribution in [1.82, 2.24) is 15.3 Å². The van der Waals surface area contributed by atoms with E-state index >= 15 is 0 Å². The van der Waals surface area contributed by atoms with Crippen molar-refractivity contribution in [3.63, 3.8) is 0 Å². The summed E-state index contributed by atoms with van der Waals surface area (Å²) in [5.74, 6) is 0.138. The molecule has 0 aliphatic carbocycles. The van der Waals surface area contributed by atoms with E-state index < -0.39 is 0 Å². The summed E-state index contributed by atoms with van der Waals surface area (Å²) in [5, 5.41) is 3.77. The first-order valence-corrected chi connectivity index (χ1v) is 7.51. The van der Waals surface area contributed by atoms with Gasteiger partial charge in [0.2, 0.25) is 5.91 Å². The van der Waals surface area contributed by atoms with E-state index in [1.54, 1.807) is 0 Å². The first kappa shape index (κ1) is 12.5. The lowest BCUT2D eigenvalue weighted by molar-refractivity contribution is -0.120. The Balaban J connectivity index is 1.82. The molecule has 1 unspecified atom stereocenters. The monoisotopic (exact) mass is 275 g/mol. The summed E-state index contributed by atoms with van der Waals surface area (Å²) in [6.45, 7) is 2.86. The lowest BCUT2D eigenvalue weighted by Gasteiger charge is -2.10. The van der Waals surface area contributed by atoms with E-state index in [4.69, 9.17) is 0 Å². The summed E-state index contributed by atoms with van der Waals surface area (Å²) in [6.07, 6.45) is 3.09. The molecule has 1 amide bonds. The minimum Gasteiger partial charge on any atom is -0.355 e. The van der Waals surface area contributed by atoms with Gasteiger partial charge in [0.05, 0.1) is 16.3 Å². The minimum atomic E-state index is -0.0239. The van der Waals surface area contributed by atoms with Crippen LogP contribution in [-0.2, 0) is 4.79 Å². The number of aryl methyl sites for hydroxylation is 1. The van der Waals surface area contributed by atoms with Gasteiger partial charge in [0.1, 0.15) is 0 Å². The molecule has 1 fully saturated rings. The van der Waals surface area contributed by atoms with Crippen LogP contribution in [0, 0.1) is 6.92 Å². The quantitative estimate of drug-likeness (QED) is 0.886. The van der Waals surface area contributed by atoms with Crippen LogP contribution in [-0.4, -0.2) is 27.7 Å². The molecule has 1 atom stereocenters. The Morgan fingerprint density at radius 1 is 1.37 bits per heavy atom. The van der Waals surface area contributed by atoms with Crippen molar-refractivity contribution >= 4 is 28.7 Å². The summed E-state index contributed by atoms with van der Waals surface area (Å²) >= 11 is 1.54. The van der Waals surface area contributed by atoms with E-state index in [-0.39, 0.29) is 11.2 Å². The second-order valence-corrected chi connectivity index (χ2v) is 6.15. The Bertz CT molecular complexity index is 608. The second-order valence-electron chi connectivity index (χ2n) is 4.96. The van der Waals surface area contributed by atoms with Crippen molar-refractivity contribution in [2.45, 2.75) is 36.6 Å². The van der Waals surface area contributed by atoms with Gasteiger partial charge >= 0.3 is 0 Å². The van der Waals surface area contributed by atoms with Crippen molar-refractivity contribution in [2.24, 2.45) is 0 Å². The first-order valence-electron chi connectivity index (χ1n) is 6.63. The van der Waals surface area contributed by atoms with Gasteiger partial charge in [-0.3, -0.25) is 4.79 Å². The fraction of sp³-hybridized carbons (Fsp3) is 0.429. The number of carbonyl (C=O) groups is 1. The topological polar surface area (TPSA) is 57.8 Å². The number of aromatic amines is 1. The predicted octanol–water partition coefficient (Wildman–Crippen LogP) is 2.63. The molecule has 5 heteroatoms. The van der Waals surface area contributed by atoms with Crippen LogP contribution in [0.15, 0.2) is 23.4 Å². The zero-order valence-electron chi connectivity index (χ0n) is 10.9. The summed E-state index contributed by atoms with van der Waals surface area (Å²) in [6, 6.07) is 6.15. The molecule has 3 rings (SSSR count). The van der Waals surface area contributed by atoms with Gasteiger partial charge in [0.25, 0.3) is 0 Å². The summed E-state index contributed by atoms with van der Waals surface area (Å²) < 4.78 is 0. The van der Waals surface area contributed by atoms with Crippen LogP contribution < -0.4 is 5.32 Å². The highest BCUT2D eigenvalue weighted by molar-refractivity contribution is 8.00. The van der Waals surface area contributed by atoms with E-state index in [1.165, 1.54) is 17.3 Å². The second kappa shape index (κ2) is 5.25. The number of carbonyl (C=O) groups excluding carboxylic acids is 1. The average Bonchev–Trinajstić information content (AvgIpc) is 2.66. The highest BCUT2D eigenvalue weighted by atomic mass is 32.2. The Morgan fingerprint density at radius 3 is 3.16 bits per heavy atom. The average molecular weight is 275 g/mol. The summed E-state index contributed by atoms with van der Waals surface area (Å²) in [5.41, 5.74) is 3.21. The molecule has 0 spiro atoms. The highest BCUT2D eigenvalue weighted by Gasteiger charge is 2.23. The summed E-state index contributed by atoms with van der Waals surface area (Å²) in [4.78, 5) is 19.8. The molecule has 2 heterocycles. The van der Waals surface area contributed by atoms with E-state index in [0.29, 0.717) is 0 Å². The molecule has 4 nitrogen and oxygen atoms in total. The summed E-state index contributed by atoms with van der Waals surface area (Å²) in [7, 11) is 0. The fourth-order valence-electron chi connectivity index (χ4n) is 2.31. The van der Waals surface area contributed by atoms with Crippen molar-refractivity contribution in [2.75, 3.05) is 6.54 Å². The number of nitrogens with zero attached hydrogens (tertiary/aromatic N) is 1. The molecule has 100 valence electrons. The first-order chi connectivity index (χ1) is 9.22. The Hall–Kier alpha value is -1.49. The molecule has 2 aromatic rings. The maximum atomic E-state index is 11.9. The maximum Gasteiger partial charge on any atom is 0.233 e.